The highest BCUT2D eigenvalue weighted by molar-refractivity contribution is 6.30. The summed E-state index contributed by atoms with van der Waals surface area (Å²) in [6.07, 6.45) is 15.3. The van der Waals surface area contributed by atoms with Crippen molar-refractivity contribution in [2.45, 2.75) is 25.7 Å². The number of halogens is 1. The van der Waals surface area contributed by atoms with Crippen LogP contribution in [0.15, 0.2) is 138 Å². The van der Waals surface area contributed by atoms with E-state index in [0.717, 1.165) is 29.1 Å². The van der Waals surface area contributed by atoms with Gasteiger partial charge in [-0.05, 0) is 56.2 Å². The zero-order valence-corrected chi connectivity index (χ0v) is 22.4. The van der Waals surface area contributed by atoms with Crippen molar-refractivity contribution in [1.82, 2.24) is 0 Å². The van der Waals surface area contributed by atoms with Gasteiger partial charge >= 0.3 is 0 Å². The van der Waals surface area contributed by atoms with Gasteiger partial charge in [0.15, 0.2) is 0 Å². The van der Waals surface area contributed by atoms with Crippen LogP contribution in [-0.4, -0.2) is 12.9 Å². The third kappa shape index (κ3) is 8.75. The molecule has 2 unspecified atom stereocenters. The third-order valence-corrected chi connectivity index (χ3v) is 6.34. The summed E-state index contributed by atoms with van der Waals surface area (Å²) in [5, 5.41) is 0.788. The highest BCUT2D eigenvalue weighted by Gasteiger charge is 2.18. The Bertz CT molecular complexity index is 1270. The summed E-state index contributed by atoms with van der Waals surface area (Å²) in [4.78, 5) is 4.64. The van der Waals surface area contributed by atoms with Crippen molar-refractivity contribution in [3.05, 3.63) is 154 Å². The number of aryl methyl sites for hydroxylation is 1. The Morgan fingerprint density at radius 2 is 1.43 bits per heavy atom. The molecule has 0 aromatic heterocycles. The zero-order valence-electron chi connectivity index (χ0n) is 21.6. The van der Waals surface area contributed by atoms with Crippen molar-refractivity contribution in [1.29, 1.82) is 0 Å². The van der Waals surface area contributed by atoms with Crippen molar-refractivity contribution in [2.24, 2.45) is 22.4 Å². The molecule has 37 heavy (non-hydrogen) atoms. The minimum absolute atomic E-state index is 0.311. The molecule has 0 bridgehead atoms. The average molecular weight is 510 g/mol. The molecular formula is C33H36ClN3. The van der Waals surface area contributed by atoms with Crippen LogP contribution in [0.3, 0.4) is 0 Å². The maximum absolute atomic E-state index is 6.20. The lowest BCUT2D eigenvalue weighted by Crippen LogP contribution is -2.14. The maximum Gasteiger partial charge on any atom is 0.131 e. The molecule has 3 aromatic rings. The second-order valence-corrected chi connectivity index (χ2v) is 9.26. The van der Waals surface area contributed by atoms with Crippen molar-refractivity contribution in [3.63, 3.8) is 0 Å². The smallest absolute Gasteiger partial charge is 0.131 e. The molecule has 190 valence electrons. The van der Waals surface area contributed by atoms with Crippen LogP contribution in [0.4, 0.5) is 0 Å². The number of rotatable bonds is 4. The van der Waals surface area contributed by atoms with E-state index in [9.17, 15) is 0 Å². The number of amidine groups is 1. The Balaban J connectivity index is 0.000000361. The molecule has 0 heterocycles. The summed E-state index contributed by atoms with van der Waals surface area (Å²) in [7, 11) is 1.50. The van der Waals surface area contributed by atoms with Crippen molar-refractivity contribution >= 4 is 17.4 Å². The quantitative estimate of drug-likeness (QED) is 0.279. The van der Waals surface area contributed by atoms with Gasteiger partial charge in [-0.15, -0.1) is 0 Å². The van der Waals surface area contributed by atoms with Crippen LogP contribution in [0.2, 0.25) is 5.02 Å². The van der Waals surface area contributed by atoms with Gasteiger partial charge < -0.3 is 11.5 Å². The predicted molar refractivity (Wildman–Crippen MR) is 160 cm³/mol. The minimum Gasteiger partial charge on any atom is -0.383 e. The van der Waals surface area contributed by atoms with Crippen LogP contribution in [0, 0.1) is 12.8 Å². The second kappa shape index (κ2) is 14.8. The van der Waals surface area contributed by atoms with E-state index in [0.29, 0.717) is 17.7 Å². The number of hydrogen-bond acceptors (Lipinski definition) is 2. The first-order valence-electron chi connectivity index (χ1n) is 12.6. The lowest BCUT2D eigenvalue weighted by molar-refractivity contribution is 0.739. The van der Waals surface area contributed by atoms with E-state index in [1.807, 2.05) is 66.7 Å². The van der Waals surface area contributed by atoms with Crippen molar-refractivity contribution < 1.29 is 0 Å². The van der Waals surface area contributed by atoms with E-state index in [1.54, 1.807) is 0 Å². The Morgan fingerprint density at radius 3 is 2.08 bits per heavy atom. The SMILES string of the molecule is CN.Cc1ccccc1.NC(=NC1=CC(C2=CC(c3cccc(Cl)c3)CC=C2)CC=C1)c1ccccc1. The Labute approximate surface area is 226 Å². The first-order valence-corrected chi connectivity index (χ1v) is 13.0. The number of nitrogens with zero attached hydrogens (tertiary/aromatic N) is 1. The summed E-state index contributed by atoms with van der Waals surface area (Å²) in [5.41, 5.74) is 16.5. The average Bonchev–Trinajstić information content (AvgIpc) is 2.96. The van der Waals surface area contributed by atoms with Crippen molar-refractivity contribution in [2.75, 3.05) is 7.05 Å². The molecule has 4 heteroatoms. The van der Waals surface area contributed by atoms with Gasteiger partial charge in [-0.1, -0.05) is 120 Å². The highest BCUT2D eigenvalue weighted by Crippen LogP contribution is 2.34. The number of allylic oxidation sites excluding steroid dienone is 7. The molecule has 0 saturated heterocycles. The molecule has 2 aliphatic rings. The van der Waals surface area contributed by atoms with E-state index >= 15 is 0 Å². The van der Waals surface area contributed by atoms with Gasteiger partial charge in [0.05, 0.1) is 5.70 Å². The molecular weight excluding hydrogens is 474 g/mol. The van der Waals surface area contributed by atoms with Crippen molar-refractivity contribution in [3.8, 4) is 0 Å². The van der Waals surface area contributed by atoms with Gasteiger partial charge in [0, 0.05) is 22.4 Å². The number of nitrogens with two attached hydrogens (primary N) is 2. The monoisotopic (exact) mass is 509 g/mol. The van der Waals surface area contributed by atoms with Crippen LogP contribution in [0.5, 0.6) is 0 Å². The van der Waals surface area contributed by atoms with Gasteiger partial charge in [0.1, 0.15) is 5.84 Å². The van der Waals surface area contributed by atoms with Crippen LogP contribution in [0.1, 0.15) is 35.4 Å². The van der Waals surface area contributed by atoms with E-state index in [1.165, 1.54) is 23.7 Å². The standard InChI is InChI=1S/C25H23ClN2.C7H8.CH5N/c26-23-13-5-11-21(16-23)19-9-4-10-20(15-19)22-12-6-14-24(17-22)28-25(27)18-7-2-1-3-8-18;1-7-5-3-2-4-6-7;1-2/h1-8,10-11,13-17,19,22H,9,12H2,(H2,27,28);2-6H,1H3;2H2,1H3. The normalized spacial score (nSPS) is 18.4. The van der Waals surface area contributed by atoms with Gasteiger partial charge in [-0.2, -0.15) is 0 Å². The van der Waals surface area contributed by atoms with Gasteiger partial charge in [-0.3, -0.25) is 0 Å². The fourth-order valence-corrected chi connectivity index (χ4v) is 4.44. The van der Waals surface area contributed by atoms with Gasteiger partial charge in [0.25, 0.3) is 0 Å². The Kier molecular flexibility index (Phi) is 11.2. The van der Waals surface area contributed by atoms with E-state index in [2.05, 4.69) is 72.3 Å². The van der Waals surface area contributed by atoms with Gasteiger partial charge in [-0.25, -0.2) is 4.99 Å². The van der Waals surface area contributed by atoms with E-state index < -0.39 is 0 Å². The van der Waals surface area contributed by atoms with E-state index in [-0.39, 0.29) is 0 Å². The molecule has 0 fully saturated rings. The molecule has 3 nitrogen and oxygen atoms in total. The number of hydrogen-bond donors (Lipinski definition) is 2. The fourth-order valence-electron chi connectivity index (χ4n) is 4.24. The fraction of sp³-hybridized carbons (Fsp3) is 0.182. The lowest BCUT2D eigenvalue weighted by atomic mass is 9.83. The Hall–Kier alpha value is -3.66. The van der Waals surface area contributed by atoms with Crippen LogP contribution in [-0.2, 0) is 0 Å². The molecule has 2 aliphatic carbocycles. The molecule has 4 N–H and O–H groups in total. The summed E-state index contributed by atoms with van der Waals surface area (Å²) >= 11 is 6.18. The first-order chi connectivity index (χ1) is 18.1. The Morgan fingerprint density at radius 1 is 0.784 bits per heavy atom. The molecule has 2 atom stereocenters. The third-order valence-electron chi connectivity index (χ3n) is 6.11. The highest BCUT2D eigenvalue weighted by atomic mass is 35.5. The minimum atomic E-state index is 0.311. The van der Waals surface area contributed by atoms with Crippen LogP contribution < -0.4 is 11.5 Å². The second-order valence-electron chi connectivity index (χ2n) is 8.82. The number of aliphatic imine (C=N–C) groups is 1. The zero-order chi connectivity index (χ0) is 26.5. The molecule has 0 radical (unpaired) electrons. The largest absolute Gasteiger partial charge is 0.383 e. The molecule has 0 amide bonds. The van der Waals surface area contributed by atoms with Crippen LogP contribution >= 0.6 is 11.6 Å². The topological polar surface area (TPSA) is 64.4 Å². The molecule has 5 rings (SSSR count). The lowest BCUT2D eigenvalue weighted by Gasteiger charge is -2.23. The van der Waals surface area contributed by atoms with E-state index in [4.69, 9.17) is 17.3 Å². The molecule has 0 aliphatic heterocycles. The molecule has 0 saturated carbocycles. The first kappa shape index (κ1) is 27.9. The van der Waals surface area contributed by atoms with Gasteiger partial charge in [0.2, 0.25) is 0 Å². The predicted octanol–water partition coefficient (Wildman–Crippen LogP) is 7.75. The summed E-state index contributed by atoms with van der Waals surface area (Å²) in [5.74, 6) is 1.21. The summed E-state index contributed by atoms with van der Waals surface area (Å²) in [6.45, 7) is 2.08. The van der Waals surface area contributed by atoms with Crippen LogP contribution in [0.25, 0.3) is 0 Å². The molecule has 0 spiro atoms. The maximum atomic E-state index is 6.20. The summed E-state index contributed by atoms with van der Waals surface area (Å²) in [6, 6.07) is 28.3. The number of benzene rings is 3. The summed E-state index contributed by atoms with van der Waals surface area (Å²) < 4.78 is 0. The molecule has 3 aromatic carbocycles.